The van der Waals surface area contributed by atoms with E-state index in [9.17, 15) is 22.8 Å². The van der Waals surface area contributed by atoms with Crippen molar-refractivity contribution < 1.29 is 27.5 Å². The molecule has 1 aromatic carbocycles. The van der Waals surface area contributed by atoms with Gasteiger partial charge in [-0.25, -0.2) is 4.79 Å². The number of urea groups is 1. The highest BCUT2D eigenvalue weighted by molar-refractivity contribution is 5.91. The van der Waals surface area contributed by atoms with Crippen LogP contribution in [-0.2, 0) is 4.79 Å². The van der Waals surface area contributed by atoms with Crippen LogP contribution in [-0.4, -0.2) is 42.3 Å². The van der Waals surface area contributed by atoms with Crippen molar-refractivity contribution in [2.45, 2.75) is 38.1 Å². The Balaban J connectivity index is 1.50. The number of para-hydroxylation sites is 2. The van der Waals surface area contributed by atoms with E-state index >= 15 is 0 Å². The molecule has 1 aliphatic carbocycles. The molecule has 2 fully saturated rings. The average molecular weight is 371 g/mol. The van der Waals surface area contributed by atoms with Crippen molar-refractivity contribution in [2.24, 2.45) is 5.92 Å². The van der Waals surface area contributed by atoms with Gasteiger partial charge in [0.25, 0.3) is 0 Å². The molecule has 0 atom stereocenters. The number of hydrogen-bond acceptors (Lipinski definition) is 3. The summed E-state index contributed by atoms with van der Waals surface area (Å²) in [5.74, 6) is -0.112. The first-order chi connectivity index (χ1) is 12.3. The summed E-state index contributed by atoms with van der Waals surface area (Å²) in [4.78, 5) is 25.9. The van der Waals surface area contributed by atoms with E-state index in [0.717, 1.165) is 18.9 Å². The second kappa shape index (κ2) is 7.43. The highest BCUT2D eigenvalue weighted by Gasteiger charge is 2.35. The van der Waals surface area contributed by atoms with Crippen molar-refractivity contribution in [3.8, 4) is 5.75 Å². The number of alkyl halides is 3. The van der Waals surface area contributed by atoms with E-state index in [1.807, 2.05) is 4.90 Å². The zero-order chi connectivity index (χ0) is 18.7. The van der Waals surface area contributed by atoms with Crippen LogP contribution in [0.25, 0.3) is 0 Å². The highest BCUT2D eigenvalue weighted by Crippen LogP contribution is 2.32. The van der Waals surface area contributed by atoms with Gasteiger partial charge in [-0.3, -0.25) is 4.79 Å². The molecule has 9 heteroatoms. The number of amides is 3. The lowest BCUT2D eigenvalue weighted by atomic mass is 10.0. The monoisotopic (exact) mass is 371 g/mol. The van der Waals surface area contributed by atoms with Gasteiger partial charge in [-0.05, 0) is 37.8 Å². The molecule has 26 heavy (non-hydrogen) atoms. The number of rotatable bonds is 4. The minimum atomic E-state index is -4.84. The fraction of sp³-hybridized carbons (Fsp3) is 0.529. The third kappa shape index (κ3) is 5.03. The number of piperidine rings is 1. The van der Waals surface area contributed by atoms with Crippen LogP contribution in [0.2, 0.25) is 0 Å². The van der Waals surface area contributed by atoms with Crippen LogP contribution in [0.15, 0.2) is 24.3 Å². The second-order valence-corrected chi connectivity index (χ2v) is 6.52. The molecule has 2 N–H and O–H groups in total. The van der Waals surface area contributed by atoms with Crippen molar-refractivity contribution in [1.29, 1.82) is 0 Å². The number of benzene rings is 1. The van der Waals surface area contributed by atoms with Crippen molar-refractivity contribution >= 4 is 17.6 Å². The molecule has 1 saturated heterocycles. The number of nitrogens with one attached hydrogen (secondary N) is 2. The van der Waals surface area contributed by atoms with Crippen molar-refractivity contribution in [1.82, 2.24) is 10.2 Å². The molecule has 6 nitrogen and oxygen atoms in total. The number of anilines is 1. The van der Waals surface area contributed by atoms with Crippen molar-refractivity contribution in [3.05, 3.63) is 24.3 Å². The summed E-state index contributed by atoms with van der Waals surface area (Å²) >= 11 is 0. The molecule has 0 aromatic heterocycles. The Morgan fingerprint density at radius 1 is 1.08 bits per heavy atom. The number of likely N-dealkylation sites (tertiary alicyclic amines) is 1. The van der Waals surface area contributed by atoms with Crippen molar-refractivity contribution in [3.63, 3.8) is 0 Å². The summed E-state index contributed by atoms with van der Waals surface area (Å²) in [6.45, 7) is 1.15. The Kier molecular flexibility index (Phi) is 5.24. The van der Waals surface area contributed by atoms with Gasteiger partial charge in [0, 0.05) is 25.0 Å². The molecule has 0 radical (unpaired) electrons. The number of carbonyl (C=O) groups excluding carboxylic acids is 2. The zero-order valence-corrected chi connectivity index (χ0v) is 14.0. The Labute approximate surface area is 148 Å². The van der Waals surface area contributed by atoms with E-state index in [2.05, 4.69) is 15.4 Å². The summed E-state index contributed by atoms with van der Waals surface area (Å²) in [7, 11) is 0. The van der Waals surface area contributed by atoms with Crippen LogP contribution in [0.1, 0.15) is 25.7 Å². The summed E-state index contributed by atoms with van der Waals surface area (Å²) in [5.41, 5.74) is -0.0660. The lowest BCUT2D eigenvalue weighted by Gasteiger charge is -2.32. The Morgan fingerprint density at radius 3 is 2.35 bits per heavy atom. The molecule has 142 valence electrons. The second-order valence-electron chi connectivity index (χ2n) is 6.52. The number of nitrogens with zero attached hydrogens (tertiary/aromatic N) is 1. The van der Waals surface area contributed by atoms with Crippen molar-refractivity contribution in [2.75, 3.05) is 18.4 Å². The third-order valence-electron chi connectivity index (χ3n) is 4.43. The lowest BCUT2D eigenvalue weighted by molar-refractivity contribution is -0.274. The van der Waals surface area contributed by atoms with Crippen LogP contribution in [0, 0.1) is 5.92 Å². The Morgan fingerprint density at radius 2 is 1.73 bits per heavy atom. The normalized spacial score (nSPS) is 18.3. The lowest BCUT2D eigenvalue weighted by Crippen LogP contribution is -2.48. The topological polar surface area (TPSA) is 70.7 Å². The quantitative estimate of drug-likeness (QED) is 0.854. The van der Waals surface area contributed by atoms with Crippen LogP contribution in [0.5, 0.6) is 5.75 Å². The molecular formula is C17H20F3N3O3. The number of carbonyl (C=O) groups is 2. The van der Waals surface area contributed by atoms with Crippen LogP contribution in [0.3, 0.4) is 0 Å². The number of halogens is 3. The van der Waals surface area contributed by atoms with Gasteiger partial charge in [0.15, 0.2) is 5.75 Å². The smallest absolute Gasteiger partial charge is 0.404 e. The molecule has 1 aliphatic heterocycles. The van der Waals surface area contributed by atoms with Gasteiger partial charge in [-0.15, -0.1) is 13.2 Å². The van der Waals surface area contributed by atoms with Gasteiger partial charge in [0.2, 0.25) is 5.91 Å². The molecule has 1 saturated carbocycles. The number of ether oxygens (including phenoxy) is 1. The first kappa shape index (κ1) is 18.3. The van der Waals surface area contributed by atoms with E-state index in [-0.39, 0.29) is 23.6 Å². The fourth-order valence-corrected chi connectivity index (χ4v) is 2.96. The van der Waals surface area contributed by atoms with Gasteiger partial charge in [-0.2, -0.15) is 0 Å². The summed E-state index contributed by atoms with van der Waals surface area (Å²) in [6, 6.07) is 4.62. The predicted octanol–water partition coefficient (Wildman–Crippen LogP) is 3.11. The standard InChI is InChI=1S/C17H20F3N3O3/c18-17(19,20)26-14-4-2-1-3-13(14)22-16(25)21-12-7-9-23(10-8-12)15(24)11-5-6-11/h1-4,11-12H,5-10H2,(H2,21,22,25). The van der Waals surface area contributed by atoms with E-state index < -0.39 is 18.1 Å². The minimum Gasteiger partial charge on any atom is -0.404 e. The molecule has 0 bridgehead atoms. The fourth-order valence-electron chi connectivity index (χ4n) is 2.96. The predicted molar refractivity (Wildman–Crippen MR) is 87.6 cm³/mol. The first-order valence-electron chi connectivity index (χ1n) is 8.53. The molecule has 3 amide bonds. The van der Waals surface area contributed by atoms with E-state index in [4.69, 9.17) is 0 Å². The van der Waals surface area contributed by atoms with Crippen LogP contribution < -0.4 is 15.4 Å². The van der Waals surface area contributed by atoms with Gasteiger partial charge >= 0.3 is 12.4 Å². The minimum absolute atomic E-state index is 0.0660. The maximum atomic E-state index is 12.4. The van der Waals surface area contributed by atoms with Crippen LogP contribution >= 0.6 is 0 Å². The Hall–Kier alpha value is -2.45. The molecule has 3 rings (SSSR count). The largest absolute Gasteiger partial charge is 0.573 e. The van der Waals surface area contributed by atoms with Gasteiger partial charge in [0.05, 0.1) is 5.69 Å². The third-order valence-corrected chi connectivity index (χ3v) is 4.43. The van der Waals surface area contributed by atoms with E-state index in [0.29, 0.717) is 25.9 Å². The summed E-state index contributed by atoms with van der Waals surface area (Å²) in [5, 5.41) is 5.12. The summed E-state index contributed by atoms with van der Waals surface area (Å²) in [6.07, 6.45) is -1.69. The SMILES string of the molecule is O=C(Nc1ccccc1OC(F)(F)F)NC1CCN(C(=O)C2CC2)CC1. The Bertz CT molecular complexity index is 669. The van der Waals surface area contributed by atoms with E-state index in [1.54, 1.807) is 0 Å². The number of hydrogen-bond donors (Lipinski definition) is 2. The zero-order valence-electron chi connectivity index (χ0n) is 14.0. The van der Waals surface area contributed by atoms with E-state index in [1.165, 1.54) is 18.2 Å². The summed E-state index contributed by atoms with van der Waals surface area (Å²) < 4.78 is 41.1. The maximum Gasteiger partial charge on any atom is 0.573 e. The van der Waals surface area contributed by atoms with Gasteiger partial charge in [-0.1, -0.05) is 12.1 Å². The highest BCUT2D eigenvalue weighted by atomic mass is 19.4. The molecular weight excluding hydrogens is 351 g/mol. The average Bonchev–Trinajstić information content (AvgIpc) is 3.40. The van der Waals surface area contributed by atoms with Crippen LogP contribution in [0.4, 0.5) is 23.7 Å². The van der Waals surface area contributed by atoms with Gasteiger partial charge in [0.1, 0.15) is 0 Å². The molecule has 1 heterocycles. The van der Waals surface area contributed by atoms with Gasteiger partial charge < -0.3 is 20.3 Å². The first-order valence-corrected chi connectivity index (χ1v) is 8.53. The molecule has 0 unspecified atom stereocenters. The molecule has 0 spiro atoms. The molecule has 1 aromatic rings. The molecule has 2 aliphatic rings. The maximum absolute atomic E-state index is 12.4.